The summed E-state index contributed by atoms with van der Waals surface area (Å²) in [5, 5.41) is 8.90. The van der Waals surface area contributed by atoms with Crippen molar-refractivity contribution in [3.8, 4) is 16.9 Å². The molecule has 0 saturated carbocycles. The van der Waals surface area contributed by atoms with Crippen molar-refractivity contribution in [1.82, 2.24) is 9.55 Å². The Morgan fingerprint density at radius 1 is 0.525 bits per heavy atom. The molecule has 0 atom stereocenters. The Morgan fingerprint density at radius 3 is 2.05 bits per heavy atom. The normalized spacial score (nSPS) is 12.0. The number of rotatable bonds is 2. The van der Waals surface area contributed by atoms with E-state index < -0.39 is 0 Å². The molecule has 2 nitrogen and oxygen atoms in total. The van der Waals surface area contributed by atoms with Crippen molar-refractivity contribution < 1.29 is 0 Å². The Hall–Kier alpha value is -4.99. The fourth-order valence-electron chi connectivity index (χ4n) is 6.33. The van der Waals surface area contributed by atoms with Crippen molar-refractivity contribution in [3.63, 3.8) is 0 Å². The van der Waals surface area contributed by atoms with Crippen LogP contribution in [0.4, 0.5) is 0 Å². The fraction of sp³-hybridized carbons (Fsp3) is 0. The first-order chi connectivity index (χ1) is 19.8. The maximum Gasteiger partial charge on any atom is 0.0888 e. The van der Waals surface area contributed by atoms with Gasteiger partial charge in [0.2, 0.25) is 0 Å². The van der Waals surface area contributed by atoms with Gasteiger partial charge in [-0.15, -0.1) is 11.3 Å². The highest BCUT2D eigenvalue weighted by Gasteiger charge is 2.17. The molecule has 186 valence electrons. The van der Waals surface area contributed by atoms with Crippen molar-refractivity contribution in [2.75, 3.05) is 0 Å². The number of hydrogen-bond donors (Lipinski definition) is 0. The van der Waals surface area contributed by atoms with Crippen molar-refractivity contribution >= 4 is 75.0 Å². The quantitative estimate of drug-likeness (QED) is 0.219. The van der Waals surface area contributed by atoms with E-state index in [1.807, 2.05) is 11.3 Å². The summed E-state index contributed by atoms with van der Waals surface area (Å²) in [6.45, 7) is 0. The van der Waals surface area contributed by atoms with Gasteiger partial charge < -0.3 is 4.57 Å². The second-order valence-electron chi connectivity index (χ2n) is 10.4. The molecule has 0 unspecified atom stereocenters. The predicted octanol–water partition coefficient (Wildman–Crippen LogP) is 10.5. The minimum atomic E-state index is 1.03. The first-order valence-electron chi connectivity index (χ1n) is 13.6. The topological polar surface area (TPSA) is 17.8 Å². The molecule has 0 amide bonds. The minimum absolute atomic E-state index is 1.03. The van der Waals surface area contributed by atoms with Crippen LogP contribution in [-0.2, 0) is 0 Å². The van der Waals surface area contributed by atoms with Gasteiger partial charge in [-0.25, -0.2) is 4.98 Å². The number of pyridine rings is 1. The van der Waals surface area contributed by atoms with E-state index in [-0.39, 0.29) is 0 Å². The highest BCUT2D eigenvalue weighted by Crippen LogP contribution is 2.43. The zero-order chi connectivity index (χ0) is 26.2. The maximum absolute atomic E-state index is 5.20. The van der Waals surface area contributed by atoms with Crippen molar-refractivity contribution in [2.45, 2.75) is 0 Å². The van der Waals surface area contributed by atoms with E-state index in [1.54, 1.807) is 0 Å². The molecule has 0 saturated heterocycles. The molecule has 3 heteroatoms. The second kappa shape index (κ2) is 8.25. The molecule has 0 radical (unpaired) electrons. The zero-order valence-electron chi connectivity index (χ0n) is 21.5. The van der Waals surface area contributed by atoms with Crippen molar-refractivity contribution in [3.05, 3.63) is 133 Å². The maximum atomic E-state index is 5.20. The zero-order valence-corrected chi connectivity index (χ0v) is 22.3. The lowest BCUT2D eigenvalue weighted by atomic mass is 10.0. The Morgan fingerprint density at radius 2 is 1.20 bits per heavy atom. The number of aromatic nitrogens is 2. The summed E-state index contributed by atoms with van der Waals surface area (Å²) in [6.07, 6.45) is 0. The van der Waals surface area contributed by atoms with E-state index in [4.69, 9.17) is 4.98 Å². The van der Waals surface area contributed by atoms with Gasteiger partial charge in [-0.1, -0.05) is 91.0 Å². The number of thiophene rings is 1. The Bertz CT molecular complexity index is 2430. The average Bonchev–Trinajstić information content (AvgIpc) is 3.56. The SMILES string of the molecule is c1ccc2cc3c(cc2c1)c1ccccc1n3-c1ccc(-c2nc3ccccc3c3c2sc2ccccc23)cc1. The van der Waals surface area contributed by atoms with Gasteiger partial charge in [-0.05, 0) is 53.2 Å². The summed E-state index contributed by atoms with van der Waals surface area (Å²) in [4.78, 5) is 5.20. The molecule has 3 heterocycles. The van der Waals surface area contributed by atoms with Crippen LogP contribution in [-0.4, -0.2) is 9.55 Å². The van der Waals surface area contributed by atoms with Crippen LogP contribution in [0.5, 0.6) is 0 Å². The largest absolute Gasteiger partial charge is 0.309 e. The molecule has 0 aliphatic carbocycles. The van der Waals surface area contributed by atoms with Gasteiger partial charge in [0.05, 0.1) is 26.9 Å². The molecule has 9 aromatic rings. The lowest BCUT2D eigenvalue weighted by Crippen LogP contribution is -1.94. The molecular formula is C37H22N2S. The summed E-state index contributed by atoms with van der Waals surface area (Å²) < 4.78 is 4.94. The Balaban J connectivity index is 1.28. The molecule has 0 aliphatic heterocycles. The van der Waals surface area contributed by atoms with Gasteiger partial charge in [0.1, 0.15) is 0 Å². The number of fused-ring (bicyclic) bond motifs is 9. The third kappa shape index (κ3) is 3.07. The molecule has 0 aliphatic rings. The van der Waals surface area contributed by atoms with Crippen LogP contribution >= 0.6 is 11.3 Å². The first kappa shape index (κ1) is 21.9. The van der Waals surface area contributed by atoms with E-state index in [9.17, 15) is 0 Å². The van der Waals surface area contributed by atoms with Gasteiger partial charge in [0.25, 0.3) is 0 Å². The van der Waals surface area contributed by atoms with Gasteiger partial charge in [0, 0.05) is 42.9 Å². The van der Waals surface area contributed by atoms with Crippen LogP contribution in [0.2, 0.25) is 0 Å². The average molecular weight is 527 g/mol. The highest BCUT2D eigenvalue weighted by atomic mass is 32.1. The molecule has 6 aromatic carbocycles. The van der Waals surface area contributed by atoms with E-state index in [2.05, 4.69) is 138 Å². The van der Waals surface area contributed by atoms with Crippen LogP contribution in [0.25, 0.3) is 80.6 Å². The monoisotopic (exact) mass is 526 g/mol. The Kier molecular flexibility index (Phi) is 4.52. The summed E-state index contributed by atoms with van der Waals surface area (Å²) in [7, 11) is 0. The van der Waals surface area contributed by atoms with E-state index in [0.29, 0.717) is 0 Å². The molecule has 0 bridgehead atoms. The molecule has 0 N–H and O–H groups in total. The van der Waals surface area contributed by atoms with Gasteiger partial charge in [-0.2, -0.15) is 0 Å². The summed E-state index contributed by atoms with van der Waals surface area (Å²) in [5.41, 5.74) is 6.82. The third-order valence-corrected chi connectivity index (χ3v) is 9.33. The summed E-state index contributed by atoms with van der Waals surface area (Å²) >= 11 is 1.84. The van der Waals surface area contributed by atoms with Crippen LogP contribution < -0.4 is 0 Å². The van der Waals surface area contributed by atoms with E-state index >= 15 is 0 Å². The molecule has 0 fully saturated rings. The molecule has 0 spiro atoms. The number of para-hydroxylation sites is 2. The minimum Gasteiger partial charge on any atom is -0.309 e. The molecular weight excluding hydrogens is 504 g/mol. The van der Waals surface area contributed by atoms with Crippen LogP contribution in [0.15, 0.2) is 133 Å². The van der Waals surface area contributed by atoms with Gasteiger partial charge >= 0.3 is 0 Å². The lowest BCUT2D eigenvalue weighted by molar-refractivity contribution is 1.18. The summed E-state index contributed by atoms with van der Waals surface area (Å²) in [6, 6.07) is 48.1. The smallest absolute Gasteiger partial charge is 0.0888 e. The lowest BCUT2D eigenvalue weighted by Gasteiger charge is -2.11. The van der Waals surface area contributed by atoms with Crippen molar-refractivity contribution in [1.29, 1.82) is 0 Å². The predicted molar refractivity (Wildman–Crippen MR) is 172 cm³/mol. The molecule has 40 heavy (non-hydrogen) atoms. The van der Waals surface area contributed by atoms with Crippen LogP contribution in [0, 0.1) is 0 Å². The third-order valence-electron chi connectivity index (χ3n) is 8.16. The van der Waals surface area contributed by atoms with E-state index in [1.165, 1.54) is 58.1 Å². The highest BCUT2D eigenvalue weighted by molar-refractivity contribution is 7.26. The number of nitrogens with zero attached hydrogens (tertiary/aromatic N) is 2. The standard InChI is InChI=1S/C37H22N2S/c1-2-10-25-22-33-30(21-24(25)9-1)27-11-4-7-15-32(27)39(33)26-19-17-23(18-20-26)36-37-35(28-12-3-6-14-31(28)38-36)29-13-5-8-16-34(29)40-37/h1-22H. The van der Waals surface area contributed by atoms with Gasteiger partial charge in [0.15, 0.2) is 0 Å². The molecule has 9 rings (SSSR count). The summed E-state index contributed by atoms with van der Waals surface area (Å²) in [5.74, 6) is 0. The molecule has 3 aromatic heterocycles. The van der Waals surface area contributed by atoms with Crippen LogP contribution in [0.1, 0.15) is 0 Å². The van der Waals surface area contributed by atoms with Gasteiger partial charge in [-0.3, -0.25) is 0 Å². The number of benzene rings is 6. The van der Waals surface area contributed by atoms with Crippen LogP contribution in [0.3, 0.4) is 0 Å². The Labute approximate surface area is 234 Å². The van der Waals surface area contributed by atoms with E-state index in [0.717, 1.165) is 22.5 Å². The van der Waals surface area contributed by atoms with Crippen molar-refractivity contribution in [2.24, 2.45) is 0 Å². The second-order valence-corrected chi connectivity index (χ2v) is 11.4. The number of hydrogen-bond acceptors (Lipinski definition) is 2. The first-order valence-corrected chi connectivity index (χ1v) is 14.4. The fourth-order valence-corrected chi connectivity index (χ4v) is 7.56.